The van der Waals surface area contributed by atoms with Crippen LogP contribution in [0.2, 0.25) is 0 Å². The number of nitrogens with one attached hydrogen (secondary N) is 1. The predicted octanol–water partition coefficient (Wildman–Crippen LogP) is 3.22. The van der Waals surface area contributed by atoms with Gasteiger partial charge in [-0.05, 0) is 50.0 Å². The molecule has 1 aliphatic rings. The highest BCUT2D eigenvalue weighted by molar-refractivity contribution is 6.03. The van der Waals surface area contributed by atoms with Crippen molar-refractivity contribution in [1.82, 2.24) is 14.7 Å². The molecule has 1 N–H and O–H groups in total. The Bertz CT molecular complexity index is 701. The number of hydrogen-bond acceptors (Lipinski definition) is 3. The lowest BCUT2D eigenvalue weighted by Crippen LogP contribution is -2.29. The number of para-hydroxylation sites is 1. The quantitative estimate of drug-likeness (QED) is 0.918. The van der Waals surface area contributed by atoms with E-state index in [0.717, 1.165) is 37.4 Å². The summed E-state index contributed by atoms with van der Waals surface area (Å²) in [6.45, 7) is 5.22. The van der Waals surface area contributed by atoms with Crippen LogP contribution in [0, 0.1) is 0 Å². The first kappa shape index (κ1) is 16.7. The van der Waals surface area contributed by atoms with Gasteiger partial charge in [0.25, 0.3) is 5.91 Å². The average Bonchev–Trinajstić information content (AvgIpc) is 2.99. The molecule has 0 radical (unpaired) electrons. The van der Waals surface area contributed by atoms with Gasteiger partial charge in [0.1, 0.15) is 5.69 Å². The van der Waals surface area contributed by atoms with E-state index in [9.17, 15) is 4.79 Å². The zero-order chi connectivity index (χ0) is 16.9. The summed E-state index contributed by atoms with van der Waals surface area (Å²) in [6, 6.07) is 9.95. The molecule has 5 heteroatoms. The Morgan fingerprint density at radius 2 is 1.96 bits per heavy atom. The van der Waals surface area contributed by atoms with E-state index in [1.165, 1.54) is 24.8 Å². The molecule has 2 aromatic rings. The second-order valence-corrected chi connectivity index (χ2v) is 6.45. The lowest BCUT2D eigenvalue weighted by atomic mass is 10.1. The first-order chi connectivity index (χ1) is 11.7. The Labute approximate surface area is 143 Å². The molecule has 0 spiro atoms. The highest BCUT2D eigenvalue weighted by Crippen LogP contribution is 2.20. The Morgan fingerprint density at radius 1 is 1.21 bits per heavy atom. The molecule has 0 atom stereocenters. The molecule has 0 saturated carbocycles. The number of nitrogens with zero attached hydrogens (tertiary/aromatic N) is 3. The Morgan fingerprint density at radius 3 is 2.67 bits per heavy atom. The SMILES string of the molecule is CCc1cc(C(=O)Nc2ccccc2CN2CCCCC2)n(C)n1. The summed E-state index contributed by atoms with van der Waals surface area (Å²) in [7, 11) is 1.81. The minimum Gasteiger partial charge on any atom is -0.320 e. The van der Waals surface area contributed by atoms with Crippen molar-refractivity contribution in [2.75, 3.05) is 18.4 Å². The van der Waals surface area contributed by atoms with E-state index in [4.69, 9.17) is 0 Å². The van der Waals surface area contributed by atoms with E-state index < -0.39 is 0 Å². The van der Waals surface area contributed by atoms with Gasteiger partial charge in [0.2, 0.25) is 0 Å². The normalized spacial score (nSPS) is 15.4. The van der Waals surface area contributed by atoms with E-state index in [2.05, 4.69) is 21.4 Å². The first-order valence-electron chi connectivity index (χ1n) is 8.82. The highest BCUT2D eigenvalue weighted by atomic mass is 16.2. The minimum absolute atomic E-state index is 0.101. The number of carbonyl (C=O) groups excluding carboxylic acids is 1. The zero-order valence-corrected chi connectivity index (χ0v) is 14.6. The van der Waals surface area contributed by atoms with Gasteiger partial charge in [-0.1, -0.05) is 31.5 Å². The lowest BCUT2D eigenvalue weighted by Gasteiger charge is -2.27. The van der Waals surface area contributed by atoms with Crippen LogP contribution < -0.4 is 5.32 Å². The summed E-state index contributed by atoms with van der Waals surface area (Å²) in [5, 5.41) is 7.42. The molecule has 128 valence electrons. The summed E-state index contributed by atoms with van der Waals surface area (Å²) < 4.78 is 1.65. The van der Waals surface area contributed by atoms with Crippen molar-refractivity contribution >= 4 is 11.6 Å². The van der Waals surface area contributed by atoms with Crippen molar-refractivity contribution in [2.45, 2.75) is 39.2 Å². The van der Waals surface area contributed by atoms with Crippen LogP contribution in [-0.4, -0.2) is 33.7 Å². The fraction of sp³-hybridized carbons (Fsp3) is 0.474. The van der Waals surface area contributed by atoms with Crippen LogP contribution in [0.5, 0.6) is 0 Å². The summed E-state index contributed by atoms with van der Waals surface area (Å²) in [5.41, 5.74) is 3.60. The van der Waals surface area contributed by atoms with Crippen LogP contribution in [-0.2, 0) is 20.0 Å². The smallest absolute Gasteiger partial charge is 0.273 e. The first-order valence-corrected chi connectivity index (χ1v) is 8.82. The third kappa shape index (κ3) is 3.85. The van der Waals surface area contributed by atoms with Crippen molar-refractivity contribution < 1.29 is 4.79 Å². The molecule has 1 aromatic carbocycles. The summed E-state index contributed by atoms with van der Waals surface area (Å²) in [4.78, 5) is 15.1. The summed E-state index contributed by atoms with van der Waals surface area (Å²) >= 11 is 0. The van der Waals surface area contributed by atoms with Crippen molar-refractivity contribution in [2.24, 2.45) is 7.05 Å². The number of anilines is 1. The molecule has 1 saturated heterocycles. The number of amides is 1. The lowest BCUT2D eigenvalue weighted by molar-refractivity contribution is 0.101. The topological polar surface area (TPSA) is 50.2 Å². The van der Waals surface area contributed by atoms with E-state index in [-0.39, 0.29) is 5.91 Å². The van der Waals surface area contributed by atoms with Gasteiger partial charge in [-0.2, -0.15) is 5.10 Å². The number of benzene rings is 1. The average molecular weight is 326 g/mol. The van der Waals surface area contributed by atoms with Gasteiger partial charge >= 0.3 is 0 Å². The van der Waals surface area contributed by atoms with E-state index in [1.807, 2.05) is 38.2 Å². The zero-order valence-electron chi connectivity index (χ0n) is 14.6. The standard InChI is InChI=1S/C19H26N4O/c1-3-16-13-18(22(2)21-16)19(24)20-17-10-6-5-9-15(17)14-23-11-7-4-8-12-23/h5-6,9-10,13H,3-4,7-8,11-12,14H2,1-2H3,(H,20,24). The number of aromatic nitrogens is 2. The molecule has 24 heavy (non-hydrogen) atoms. The molecule has 1 aliphatic heterocycles. The maximum absolute atomic E-state index is 12.6. The monoisotopic (exact) mass is 326 g/mol. The van der Waals surface area contributed by atoms with Gasteiger partial charge < -0.3 is 5.32 Å². The molecule has 1 fully saturated rings. The molecular formula is C19H26N4O. The molecule has 0 unspecified atom stereocenters. The maximum atomic E-state index is 12.6. The van der Waals surface area contributed by atoms with Crippen LogP contribution in [0.25, 0.3) is 0 Å². The predicted molar refractivity (Wildman–Crippen MR) is 96.1 cm³/mol. The van der Waals surface area contributed by atoms with Crippen LogP contribution in [0.1, 0.15) is 47.9 Å². The van der Waals surface area contributed by atoms with Crippen LogP contribution in [0.4, 0.5) is 5.69 Å². The number of aryl methyl sites for hydroxylation is 2. The Hall–Kier alpha value is -2.14. The van der Waals surface area contributed by atoms with E-state index in [1.54, 1.807) is 4.68 Å². The van der Waals surface area contributed by atoms with Gasteiger partial charge in [-0.3, -0.25) is 14.4 Å². The summed E-state index contributed by atoms with van der Waals surface area (Å²) in [5.74, 6) is -0.101. The molecule has 0 bridgehead atoms. The van der Waals surface area contributed by atoms with Crippen LogP contribution in [0.3, 0.4) is 0 Å². The third-order valence-electron chi connectivity index (χ3n) is 4.63. The number of rotatable bonds is 5. The van der Waals surface area contributed by atoms with Gasteiger partial charge in [-0.15, -0.1) is 0 Å². The highest BCUT2D eigenvalue weighted by Gasteiger charge is 2.16. The van der Waals surface area contributed by atoms with Gasteiger partial charge in [0.05, 0.1) is 5.69 Å². The van der Waals surface area contributed by atoms with E-state index in [0.29, 0.717) is 5.69 Å². The van der Waals surface area contributed by atoms with E-state index >= 15 is 0 Å². The molecule has 3 rings (SSSR count). The maximum Gasteiger partial charge on any atom is 0.273 e. The molecule has 0 aliphatic carbocycles. The minimum atomic E-state index is -0.101. The van der Waals surface area contributed by atoms with Crippen molar-refractivity contribution in [3.05, 3.63) is 47.3 Å². The summed E-state index contributed by atoms with van der Waals surface area (Å²) in [6.07, 6.45) is 4.69. The Kier molecular flexibility index (Phi) is 5.30. The number of piperidine rings is 1. The molecule has 1 amide bonds. The second-order valence-electron chi connectivity index (χ2n) is 6.45. The van der Waals surface area contributed by atoms with Crippen molar-refractivity contribution in [3.8, 4) is 0 Å². The second kappa shape index (κ2) is 7.62. The molecule has 1 aromatic heterocycles. The van der Waals surface area contributed by atoms with Gasteiger partial charge in [-0.25, -0.2) is 0 Å². The molecule has 2 heterocycles. The van der Waals surface area contributed by atoms with Crippen LogP contribution in [0.15, 0.2) is 30.3 Å². The third-order valence-corrected chi connectivity index (χ3v) is 4.63. The van der Waals surface area contributed by atoms with Crippen molar-refractivity contribution in [1.29, 1.82) is 0 Å². The fourth-order valence-corrected chi connectivity index (χ4v) is 3.24. The molecular weight excluding hydrogens is 300 g/mol. The number of likely N-dealkylation sites (tertiary alicyclic amines) is 1. The molecule has 5 nitrogen and oxygen atoms in total. The largest absolute Gasteiger partial charge is 0.320 e. The number of hydrogen-bond donors (Lipinski definition) is 1. The van der Waals surface area contributed by atoms with Gasteiger partial charge in [0.15, 0.2) is 0 Å². The number of carbonyl (C=O) groups is 1. The van der Waals surface area contributed by atoms with Crippen LogP contribution >= 0.6 is 0 Å². The Balaban J connectivity index is 1.74. The fourth-order valence-electron chi connectivity index (χ4n) is 3.24. The van der Waals surface area contributed by atoms with Crippen molar-refractivity contribution in [3.63, 3.8) is 0 Å². The van der Waals surface area contributed by atoms with Gasteiger partial charge in [0, 0.05) is 19.3 Å².